The molecule has 0 radical (unpaired) electrons. The third-order valence-corrected chi connectivity index (χ3v) is 11.3. The molecule has 0 saturated heterocycles. The van der Waals surface area contributed by atoms with Crippen LogP contribution >= 0.6 is 7.82 Å². The summed E-state index contributed by atoms with van der Waals surface area (Å²) in [6.45, 7) is 4.61. The Morgan fingerprint density at radius 1 is 0.607 bits per heavy atom. The summed E-state index contributed by atoms with van der Waals surface area (Å²) in [5, 5.41) is 13.8. The first-order chi connectivity index (χ1) is 27.0. The molecule has 9 heteroatoms. The number of nitrogens with one attached hydrogen (secondary N) is 1. The second-order valence-electron chi connectivity index (χ2n) is 17.1. The fraction of sp³-hybridized carbons (Fsp3) is 0.851. The third-order valence-electron chi connectivity index (χ3n) is 10.3. The van der Waals surface area contributed by atoms with E-state index >= 15 is 0 Å². The number of hydrogen-bond donors (Lipinski definition) is 2. The number of aliphatic hydroxyl groups excluding tert-OH is 1. The SMILES string of the molecule is CCCCCCCC/C=C/CCCCCCCCCCCCCC(=O)N[C@@H](COP(=O)([O-])OCC[N+](C)(C)C)[C@H](O)/C=C/CC/C=C/CCCCCCCCC. The highest BCUT2D eigenvalue weighted by Crippen LogP contribution is 2.38. The molecule has 0 fully saturated rings. The van der Waals surface area contributed by atoms with Gasteiger partial charge in [0, 0.05) is 6.42 Å². The number of carbonyl (C=O) groups is 1. The number of phosphoric acid groups is 1. The fourth-order valence-corrected chi connectivity index (χ4v) is 7.30. The van der Waals surface area contributed by atoms with Crippen LogP contribution in [0.4, 0.5) is 0 Å². The Hall–Kier alpha value is -1.28. The predicted molar refractivity (Wildman–Crippen MR) is 238 cm³/mol. The molecule has 0 rings (SSSR count). The van der Waals surface area contributed by atoms with E-state index in [1.165, 1.54) is 148 Å². The molecule has 1 unspecified atom stereocenters. The van der Waals surface area contributed by atoms with Crippen LogP contribution in [0.3, 0.4) is 0 Å². The first kappa shape index (κ1) is 54.7. The number of nitrogens with zero attached hydrogens (tertiary/aromatic N) is 1. The molecule has 0 aromatic carbocycles. The van der Waals surface area contributed by atoms with Crippen molar-refractivity contribution in [3.8, 4) is 0 Å². The highest BCUT2D eigenvalue weighted by atomic mass is 31.2. The Morgan fingerprint density at radius 2 is 1.00 bits per heavy atom. The van der Waals surface area contributed by atoms with Crippen LogP contribution in [-0.2, 0) is 18.4 Å². The van der Waals surface area contributed by atoms with E-state index in [1.807, 2.05) is 27.2 Å². The molecule has 3 atom stereocenters. The number of aliphatic hydroxyl groups is 1. The number of unbranched alkanes of at least 4 members (excludes halogenated alkanes) is 25. The van der Waals surface area contributed by atoms with Crippen molar-refractivity contribution in [3.63, 3.8) is 0 Å². The zero-order chi connectivity index (χ0) is 41.4. The van der Waals surface area contributed by atoms with E-state index in [0.717, 1.165) is 38.5 Å². The number of rotatable bonds is 42. The molecule has 0 aromatic rings. The van der Waals surface area contributed by atoms with E-state index in [4.69, 9.17) is 9.05 Å². The summed E-state index contributed by atoms with van der Waals surface area (Å²) in [6, 6.07) is -0.901. The van der Waals surface area contributed by atoms with Crippen molar-refractivity contribution < 1.29 is 32.9 Å². The molecule has 1 amide bonds. The van der Waals surface area contributed by atoms with Crippen molar-refractivity contribution in [2.75, 3.05) is 40.9 Å². The summed E-state index contributed by atoms with van der Waals surface area (Å²) in [5.41, 5.74) is 0. The third kappa shape index (κ3) is 40.9. The summed E-state index contributed by atoms with van der Waals surface area (Å²) in [5.74, 6) is -0.209. The summed E-state index contributed by atoms with van der Waals surface area (Å²) in [6.07, 6.45) is 47.7. The van der Waals surface area contributed by atoms with Crippen LogP contribution < -0.4 is 10.2 Å². The number of amides is 1. The topological polar surface area (TPSA) is 108 Å². The van der Waals surface area contributed by atoms with Gasteiger partial charge in [-0.15, -0.1) is 0 Å². The molecule has 0 aliphatic rings. The minimum absolute atomic E-state index is 0.00623. The van der Waals surface area contributed by atoms with Gasteiger partial charge in [-0.25, -0.2) is 0 Å². The Kier molecular flexibility index (Phi) is 38.3. The molecule has 0 bridgehead atoms. The molecule has 0 spiro atoms. The smallest absolute Gasteiger partial charge is 0.268 e. The van der Waals surface area contributed by atoms with Gasteiger partial charge in [0.1, 0.15) is 13.2 Å². The van der Waals surface area contributed by atoms with Crippen molar-refractivity contribution in [3.05, 3.63) is 36.5 Å². The number of carbonyl (C=O) groups excluding carboxylic acids is 1. The Labute approximate surface area is 347 Å². The molecule has 0 heterocycles. The number of allylic oxidation sites excluding steroid dienone is 5. The van der Waals surface area contributed by atoms with E-state index in [9.17, 15) is 19.4 Å². The van der Waals surface area contributed by atoms with Crippen molar-refractivity contribution in [2.45, 2.75) is 219 Å². The molecule has 0 aliphatic heterocycles. The van der Waals surface area contributed by atoms with Crippen molar-refractivity contribution in [1.29, 1.82) is 0 Å². The lowest BCUT2D eigenvalue weighted by Gasteiger charge is -2.29. The van der Waals surface area contributed by atoms with Gasteiger partial charge in [0.2, 0.25) is 5.91 Å². The monoisotopic (exact) mass is 811 g/mol. The maximum atomic E-state index is 12.9. The van der Waals surface area contributed by atoms with Gasteiger partial charge in [-0.3, -0.25) is 9.36 Å². The lowest BCUT2D eigenvalue weighted by Crippen LogP contribution is -2.45. The van der Waals surface area contributed by atoms with Crippen molar-refractivity contribution in [2.24, 2.45) is 0 Å². The Balaban J connectivity index is 4.34. The highest BCUT2D eigenvalue weighted by molar-refractivity contribution is 7.45. The quantitative estimate of drug-likeness (QED) is 0.0275. The highest BCUT2D eigenvalue weighted by Gasteiger charge is 2.23. The van der Waals surface area contributed by atoms with Crippen LogP contribution in [0.25, 0.3) is 0 Å². The maximum Gasteiger partial charge on any atom is 0.268 e. The van der Waals surface area contributed by atoms with E-state index in [1.54, 1.807) is 6.08 Å². The zero-order valence-corrected chi connectivity index (χ0v) is 38.2. The largest absolute Gasteiger partial charge is 0.756 e. The van der Waals surface area contributed by atoms with Crippen LogP contribution in [0.1, 0.15) is 206 Å². The van der Waals surface area contributed by atoms with Gasteiger partial charge in [-0.05, 0) is 57.8 Å². The van der Waals surface area contributed by atoms with Crippen molar-refractivity contribution >= 4 is 13.7 Å². The number of likely N-dealkylation sites (N-methyl/N-ethyl adjacent to an activating group) is 1. The van der Waals surface area contributed by atoms with E-state index < -0.39 is 26.6 Å². The van der Waals surface area contributed by atoms with Gasteiger partial charge in [0.05, 0.1) is 39.9 Å². The van der Waals surface area contributed by atoms with Crippen LogP contribution in [-0.4, -0.2) is 68.5 Å². The molecule has 0 aliphatic carbocycles. The van der Waals surface area contributed by atoms with Crippen LogP contribution in [0.5, 0.6) is 0 Å². The minimum Gasteiger partial charge on any atom is -0.756 e. The molecular formula is C47H91N2O6P. The zero-order valence-electron chi connectivity index (χ0n) is 37.3. The lowest BCUT2D eigenvalue weighted by atomic mass is 10.0. The number of phosphoric ester groups is 1. The van der Waals surface area contributed by atoms with Gasteiger partial charge in [-0.1, -0.05) is 179 Å². The second kappa shape index (κ2) is 39.2. The average molecular weight is 811 g/mol. The first-order valence-corrected chi connectivity index (χ1v) is 24.8. The average Bonchev–Trinajstić information content (AvgIpc) is 3.15. The molecule has 8 nitrogen and oxygen atoms in total. The summed E-state index contributed by atoms with van der Waals surface area (Å²) in [7, 11) is 1.24. The predicted octanol–water partition coefficient (Wildman–Crippen LogP) is 12.5. The molecule has 0 saturated carbocycles. The van der Waals surface area contributed by atoms with Gasteiger partial charge < -0.3 is 28.8 Å². The maximum absolute atomic E-state index is 12.9. The van der Waals surface area contributed by atoms with Crippen molar-refractivity contribution in [1.82, 2.24) is 5.32 Å². The Bertz CT molecular complexity index is 1010. The standard InChI is InChI=1S/C47H91N2O6P/c1-6-8-10-12-14-16-18-20-21-22-23-24-25-26-27-29-31-33-35-37-39-41-47(51)48-45(44-55-56(52,53)54-43-42-49(3,4)5)46(50)40-38-36-34-32-30-28-19-17-15-13-11-9-7-2/h20-21,30,32,38,40,45-46,50H,6-19,22-29,31,33-37,39,41-44H2,1-5H3,(H-,48,51,52,53)/b21-20+,32-30+,40-38+/t45-,46+/m0/s1. The fourth-order valence-electron chi connectivity index (χ4n) is 6.57. The van der Waals surface area contributed by atoms with E-state index in [2.05, 4.69) is 43.5 Å². The first-order valence-electron chi connectivity index (χ1n) is 23.4. The van der Waals surface area contributed by atoms with E-state index in [0.29, 0.717) is 17.4 Å². The summed E-state index contributed by atoms with van der Waals surface area (Å²) in [4.78, 5) is 25.3. The number of hydrogen-bond acceptors (Lipinski definition) is 6. The lowest BCUT2D eigenvalue weighted by molar-refractivity contribution is -0.870. The van der Waals surface area contributed by atoms with Gasteiger partial charge in [0.25, 0.3) is 7.82 Å². The molecule has 0 aromatic heterocycles. The van der Waals surface area contributed by atoms with Crippen LogP contribution in [0.2, 0.25) is 0 Å². The molecular weight excluding hydrogens is 719 g/mol. The summed E-state index contributed by atoms with van der Waals surface area (Å²) >= 11 is 0. The normalized spacial score (nSPS) is 14.6. The van der Waals surface area contributed by atoms with Gasteiger partial charge in [0.15, 0.2) is 0 Å². The molecule has 56 heavy (non-hydrogen) atoms. The number of quaternary nitrogens is 1. The van der Waals surface area contributed by atoms with Gasteiger partial charge in [-0.2, -0.15) is 0 Å². The van der Waals surface area contributed by atoms with Crippen LogP contribution in [0, 0.1) is 0 Å². The van der Waals surface area contributed by atoms with E-state index in [-0.39, 0.29) is 12.5 Å². The summed E-state index contributed by atoms with van der Waals surface area (Å²) < 4.78 is 23.2. The minimum atomic E-state index is -4.59. The Morgan fingerprint density at radius 3 is 1.45 bits per heavy atom. The molecule has 330 valence electrons. The van der Waals surface area contributed by atoms with Crippen LogP contribution in [0.15, 0.2) is 36.5 Å². The molecule has 2 N–H and O–H groups in total. The van der Waals surface area contributed by atoms with Gasteiger partial charge >= 0.3 is 0 Å². The second-order valence-corrected chi connectivity index (χ2v) is 18.5.